The fraction of sp³-hybridized carbons (Fsp3) is 0.533. The van der Waals surface area contributed by atoms with E-state index < -0.39 is 10.1 Å². The molecule has 1 fully saturated rings. The summed E-state index contributed by atoms with van der Waals surface area (Å²) in [7, 11) is -2.04. The molecular weight excluding hydrogens is 324 g/mol. The number of carbonyl (C=O) groups is 1. The molecule has 0 radical (unpaired) electrons. The molecule has 0 aromatic heterocycles. The largest absolute Gasteiger partial charge is 0.465 e. The quantitative estimate of drug-likeness (QED) is 0.604. The number of ether oxygens (including phenoxy) is 1. The lowest BCUT2D eigenvalue weighted by Crippen LogP contribution is -2.26. The number of rotatable bonds is 5. The third kappa shape index (κ3) is 5.30. The molecule has 5 nitrogen and oxygen atoms in total. The Morgan fingerprint density at radius 1 is 1.23 bits per heavy atom. The summed E-state index contributed by atoms with van der Waals surface area (Å²) < 4.78 is 32.2. The molecule has 2 atom stereocenters. The van der Waals surface area contributed by atoms with Crippen LogP contribution in [-0.2, 0) is 19.0 Å². The molecule has 1 aliphatic rings. The van der Waals surface area contributed by atoms with Crippen molar-refractivity contribution in [3.8, 4) is 0 Å². The monoisotopic (exact) mass is 344 g/mol. The van der Waals surface area contributed by atoms with E-state index >= 15 is 0 Å². The molecule has 0 heterocycles. The Balaban J connectivity index is 1.94. The molecular formula is C15H20O5S2. The number of methoxy groups -OCH3 is 1. The molecule has 1 aromatic rings. The van der Waals surface area contributed by atoms with Gasteiger partial charge in [-0.2, -0.15) is 8.42 Å². The van der Waals surface area contributed by atoms with E-state index in [0.717, 1.165) is 36.8 Å². The van der Waals surface area contributed by atoms with Crippen LogP contribution in [0.2, 0.25) is 0 Å². The molecule has 1 saturated carbocycles. The van der Waals surface area contributed by atoms with Gasteiger partial charge in [0.1, 0.15) is 0 Å². The molecule has 22 heavy (non-hydrogen) atoms. The van der Waals surface area contributed by atoms with E-state index in [9.17, 15) is 13.2 Å². The highest BCUT2D eigenvalue weighted by atomic mass is 32.2. The van der Waals surface area contributed by atoms with Gasteiger partial charge >= 0.3 is 5.97 Å². The van der Waals surface area contributed by atoms with Crippen molar-refractivity contribution in [2.45, 2.75) is 41.9 Å². The Labute approximate surface area is 135 Å². The zero-order chi connectivity index (χ0) is 16.2. The van der Waals surface area contributed by atoms with E-state index in [1.54, 1.807) is 23.9 Å². The first-order chi connectivity index (χ1) is 10.4. The zero-order valence-corrected chi connectivity index (χ0v) is 14.3. The standard InChI is InChI=1S/C15H20O5S2/c1-19-15(16)11-6-8-13(9-7-11)21-14-5-3-4-12(10-14)20-22(2,17)18/h6-9,12,14H,3-5,10H2,1-2H3/t12-,14-/m0/s1. The zero-order valence-electron chi connectivity index (χ0n) is 12.7. The van der Waals surface area contributed by atoms with Gasteiger partial charge in [0.15, 0.2) is 0 Å². The van der Waals surface area contributed by atoms with Crippen LogP contribution in [-0.4, -0.2) is 39.1 Å². The topological polar surface area (TPSA) is 69.7 Å². The first-order valence-electron chi connectivity index (χ1n) is 7.10. The van der Waals surface area contributed by atoms with Crippen LogP contribution in [0.3, 0.4) is 0 Å². The summed E-state index contributed by atoms with van der Waals surface area (Å²) in [6, 6.07) is 7.25. The van der Waals surface area contributed by atoms with Crippen LogP contribution in [0.15, 0.2) is 29.2 Å². The summed E-state index contributed by atoms with van der Waals surface area (Å²) in [4.78, 5) is 12.4. The number of benzene rings is 1. The fourth-order valence-corrected chi connectivity index (χ4v) is 4.47. The molecule has 0 bridgehead atoms. The van der Waals surface area contributed by atoms with E-state index in [-0.39, 0.29) is 12.1 Å². The molecule has 0 spiro atoms. The van der Waals surface area contributed by atoms with Crippen molar-refractivity contribution < 1.29 is 22.1 Å². The van der Waals surface area contributed by atoms with Crippen LogP contribution in [0.25, 0.3) is 0 Å². The summed E-state index contributed by atoms with van der Waals surface area (Å²) in [5.41, 5.74) is 0.522. The van der Waals surface area contributed by atoms with E-state index in [0.29, 0.717) is 10.8 Å². The summed E-state index contributed by atoms with van der Waals surface area (Å²) in [6.45, 7) is 0. The molecule has 1 aromatic carbocycles. The lowest BCUT2D eigenvalue weighted by atomic mass is 9.97. The lowest BCUT2D eigenvalue weighted by Gasteiger charge is -2.27. The molecule has 2 rings (SSSR count). The van der Waals surface area contributed by atoms with Crippen LogP contribution in [0.1, 0.15) is 36.0 Å². The molecule has 0 amide bonds. The second-order valence-corrected chi connectivity index (χ2v) is 8.32. The maximum atomic E-state index is 11.4. The molecule has 0 saturated heterocycles. The minimum Gasteiger partial charge on any atom is -0.465 e. The van der Waals surface area contributed by atoms with E-state index in [1.165, 1.54) is 7.11 Å². The molecule has 0 aliphatic heterocycles. The van der Waals surface area contributed by atoms with Crippen molar-refractivity contribution in [3.05, 3.63) is 29.8 Å². The van der Waals surface area contributed by atoms with Gasteiger partial charge in [0.05, 0.1) is 25.0 Å². The second kappa shape index (κ2) is 7.48. The highest BCUT2D eigenvalue weighted by Crippen LogP contribution is 2.35. The first kappa shape index (κ1) is 17.3. The minimum atomic E-state index is -3.40. The molecule has 1 aliphatic carbocycles. The molecule has 0 unspecified atom stereocenters. The van der Waals surface area contributed by atoms with Crippen molar-refractivity contribution >= 4 is 27.8 Å². The number of hydrogen-bond acceptors (Lipinski definition) is 6. The Bertz CT molecular complexity index is 609. The lowest BCUT2D eigenvalue weighted by molar-refractivity contribution is 0.0600. The normalized spacial score (nSPS) is 22.3. The number of esters is 1. The van der Waals surface area contributed by atoms with Gasteiger partial charge in [-0.25, -0.2) is 4.79 Å². The van der Waals surface area contributed by atoms with Crippen LogP contribution in [0.4, 0.5) is 0 Å². The van der Waals surface area contributed by atoms with Crippen LogP contribution >= 0.6 is 11.8 Å². The van der Waals surface area contributed by atoms with Crippen LogP contribution < -0.4 is 0 Å². The van der Waals surface area contributed by atoms with Gasteiger partial charge in [-0.15, -0.1) is 11.8 Å². The highest BCUT2D eigenvalue weighted by molar-refractivity contribution is 8.00. The SMILES string of the molecule is COC(=O)c1ccc(S[C@H]2CCC[C@H](OS(C)(=O)=O)C2)cc1. The average molecular weight is 344 g/mol. The van der Waals surface area contributed by atoms with Gasteiger partial charge in [-0.05, 0) is 49.9 Å². The van der Waals surface area contributed by atoms with Crippen molar-refractivity contribution in [1.82, 2.24) is 0 Å². The Hall–Kier alpha value is -1.05. The highest BCUT2D eigenvalue weighted by Gasteiger charge is 2.26. The smallest absolute Gasteiger partial charge is 0.337 e. The van der Waals surface area contributed by atoms with Crippen molar-refractivity contribution in [1.29, 1.82) is 0 Å². The molecule has 7 heteroatoms. The summed E-state index contributed by atoms with van der Waals surface area (Å²) >= 11 is 1.70. The number of hydrogen-bond donors (Lipinski definition) is 0. The predicted molar refractivity (Wildman–Crippen MR) is 85.6 cm³/mol. The Kier molecular flexibility index (Phi) is 5.88. The van der Waals surface area contributed by atoms with Crippen molar-refractivity contribution in [3.63, 3.8) is 0 Å². The minimum absolute atomic E-state index is 0.226. The van der Waals surface area contributed by atoms with Gasteiger partial charge < -0.3 is 4.74 Å². The second-order valence-electron chi connectivity index (χ2n) is 5.34. The molecule has 0 N–H and O–H groups in total. The average Bonchev–Trinajstić information content (AvgIpc) is 2.46. The van der Waals surface area contributed by atoms with Crippen molar-refractivity contribution in [2.75, 3.05) is 13.4 Å². The summed E-state index contributed by atoms with van der Waals surface area (Å²) in [5.74, 6) is -0.351. The predicted octanol–water partition coefficient (Wildman–Crippen LogP) is 2.85. The summed E-state index contributed by atoms with van der Waals surface area (Å²) in [6.07, 6.45) is 4.36. The Morgan fingerprint density at radius 3 is 2.50 bits per heavy atom. The third-order valence-electron chi connectivity index (χ3n) is 3.47. The van der Waals surface area contributed by atoms with E-state index in [1.807, 2.05) is 12.1 Å². The first-order valence-corrected chi connectivity index (χ1v) is 9.80. The van der Waals surface area contributed by atoms with Gasteiger partial charge in [-0.3, -0.25) is 4.18 Å². The third-order valence-corrected chi connectivity index (χ3v) is 5.39. The van der Waals surface area contributed by atoms with Crippen molar-refractivity contribution in [2.24, 2.45) is 0 Å². The number of thioether (sulfide) groups is 1. The van der Waals surface area contributed by atoms with E-state index in [2.05, 4.69) is 4.74 Å². The number of carbonyl (C=O) groups excluding carboxylic acids is 1. The fourth-order valence-electron chi connectivity index (χ4n) is 2.52. The molecule has 122 valence electrons. The van der Waals surface area contributed by atoms with Gasteiger partial charge in [0.25, 0.3) is 10.1 Å². The summed E-state index contributed by atoms with van der Waals surface area (Å²) in [5, 5.41) is 0.324. The van der Waals surface area contributed by atoms with Crippen LogP contribution in [0.5, 0.6) is 0 Å². The Morgan fingerprint density at radius 2 is 1.91 bits per heavy atom. The maximum Gasteiger partial charge on any atom is 0.337 e. The maximum absolute atomic E-state index is 11.4. The van der Waals surface area contributed by atoms with Gasteiger partial charge in [0, 0.05) is 10.1 Å². The van der Waals surface area contributed by atoms with Gasteiger partial charge in [-0.1, -0.05) is 0 Å². The van der Waals surface area contributed by atoms with Gasteiger partial charge in [0.2, 0.25) is 0 Å². The van der Waals surface area contributed by atoms with E-state index in [4.69, 9.17) is 4.18 Å². The van der Waals surface area contributed by atoms with Crippen LogP contribution in [0, 0.1) is 0 Å².